The van der Waals surface area contributed by atoms with Crippen LogP contribution in [0, 0.1) is 6.92 Å². The lowest BCUT2D eigenvalue weighted by Crippen LogP contribution is -2.17. The topological polar surface area (TPSA) is 72.3 Å². The van der Waals surface area contributed by atoms with Gasteiger partial charge in [-0.05, 0) is 19.1 Å². The van der Waals surface area contributed by atoms with E-state index in [1.54, 1.807) is 13.3 Å². The summed E-state index contributed by atoms with van der Waals surface area (Å²) in [5.74, 6) is 1.65. The largest absolute Gasteiger partial charge is 0.460 e. The van der Waals surface area contributed by atoms with E-state index < -0.39 is 0 Å². The van der Waals surface area contributed by atoms with E-state index in [0.717, 1.165) is 22.8 Å². The number of ether oxygens (including phenoxy) is 1. The number of nitrogens with one attached hydrogen (secondary N) is 2. The maximum Gasteiger partial charge on any atom is 0.152 e. The van der Waals surface area contributed by atoms with Gasteiger partial charge in [0.15, 0.2) is 5.76 Å². The van der Waals surface area contributed by atoms with E-state index in [9.17, 15) is 0 Å². The molecule has 2 rings (SSSR count). The molecule has 0 aliphatic carbocycles. The molecule has 0 spiro atoms. The van der Waals surface area contributed by atoms with E-state index in [2.05, 4.69) is 15.7 Å². The van der Waals surface area contributed by atoms with Crippen molar-refractivity contribution in [2.75, 3.05) is 20.3 Å². The molecule has 2 heterocycles. The van der Waals surface area contributed by atoms with Crippen molar-refractivity contribution in [2.45, 2.75) is 13.5 Å². The number of rotatable bonds is 7. The number of hydrogen-bond acceptors (Lipinski definition) is 5. The number of nitrogens with zero attached hydrogens (tertiary/aromatic N) is 1. The first kappa shape index (κ1) is 12.8. The smallest absolute Gasteiger partial charge is 0.152 e. The van der Waals surface area contributed by atoms with Gasteiger partial charge in [0.25, 0.3) is 0 Å². The molecule has 0 saturated carbocycles. The molecule has 0 aliphatic heterocycles. The quantitative estimate of drug-likeness (QED) is 0.578. The van der Waals surface area contributed by atoms with Gasteiger partial charge in [-0.3, -0.25) is 9.94 Å². The van der Waals surface area contributed by atoms with Crippen LogP contribution in [0.5, 0.6) is 0 Å². The average Bonchev–Trinajstić information content (AvgIpc) is 2.97. The third-order valence-electron chi connectivity index (χ3n) is 2.46. The SMILES string of the molecule is COCCONCc1cn[nH]c1-c1ccc(C)o1. The van der Waals surface area contributed by atoms with Crippen LogP contribution in [0.25, 0.3) is 11.5 Å². The molecular formula is C12H17N3O3. The van der Waals surface area contributed by atoms with E-state index >= 15 is 0 Å². The number of hydrogen-bond donors (Lipinski definition) is 2. The molecule has 0 saturated heterocycles. The first-order valence-electron chi connectivity index (χ1n) is 5.74. The second kappa shape index (κ2) is 6.34. The Morgan fingerprint density at radius 2 is 2.28 bits per heavy atom. The van der Waals surface area contributed by atoms with Crippen molar-refractivity contribution in [1.82, 2.24) is 15.7 Å². The van der Waals surface area contributed by atoms with Crippen molar-refractivity contribution in [1.29, 1.82) is 0 Å². The predicted octanol–water partition coefficient (Wildman–Crippen LogP) is 1.65. The number of hydroxylamine groups is 1. The van der Waals surface area contributed by atoms with Crippen molar-refractivity contribution in [3.8, 4) is 11.5 Å². The highest BCUT2D eigenvalue weighted by molar-refractivity contribution is 5.56. The molecule has 0 amide bonds. The fourth-order valence-electron chi connectivity index (χ4n) is 1.55. The van der Waals surface area contributed by atoms with Gasteiger partial charge in [-0.1, -0.05) is 0 Å². The summed E-state index contributed by atoms with van der Waals surface area (Å²) in [5.41, 5.74) is 4.71. The first-order valence-corrected chi connectivity index (χ1v) is 5.74. The number of furan rings is 1. The van der Waals surface area contributed by atoms with Crippen molar-refractivity contribution in [3.63, 3.8) is 0 Å². The van der Waals surface area contributed by atoms with E-state index in [1.165, 1.54) is 0 Å². The van der Waals surface area contributed by atoms with Crippen LogP contribution in [-0.2, 0) is 16.1 Å². The van der Waals surface area contributed by atoms with Gasteiger partial charge in [-0.25, -0.2) is 0 Å². The van der Waals surface area contributed by atoms with Gasteiger partial charge < -0.3 is 9.15 Å². The third kappa shape index (κ3) is 3.19. The third-order valence-corrected chi connectivity index (χ3v) is 2.46. The van der Waals surface area contributed by atoms with E-state index in [-0.39, 0.29) is 0 Å². The molecule has 0 radical (unpaired) electrons. The van der Waals surface area contributed by atoms with Crippen LogP contribution in [0.15, 0.2) is 22.7 Å². The molecule has 98 valence electrons. The lowest BCUT2D eigenvalue weighted by Gasteiger charge is -2.04. The van der Waals surface area contributed by atoms with Gasteiger partial charge in [0.1, 0.15) is 11.5 Å². The predicted molar refractivity (Wildman–Crippen MR) is 65.7 cm³/mol. The fourth-order valence-corrected chi connectivity index (χ4v) is 1.55. The summed E-state index contributed by atoms with van der Waals surface area (Å²) in [6, 6.07) is 3.83. The Labute approximate surface area is 105 Å². The van der Waals surface area contributed by atoms with Gasteiger partial charge in [0, 0.05) is 19.2 Å². The van der Waals surface area contributed by atoms with Crippen LogP contribution in [0.1, 0.15) is 11.3 Å². The summed E-state index contributed by atoms with van der Waals surface area (Å²) in [7, 11) is 1.64. The summed E-state index contributed by atoms with van der Waals surface area (Å²) in [6.45, 7) is 3.52. The van der Waals surface area contributed by atoms with Crippen LogP contribution < -0.4 is 5.48 Å². The molecule has 18 heavy (non-hydrogen) atoms. The van der Waals surface area contributed by atoms with Crippen molar-refractivity contribution in [3.05, 3.63) is 29.7 Å². The van der Waals surface area contributed by atoms with E-state index in [1.807, 2.05) is 19.1 Å². The summed E-state index contributed by atoms with van der Waals surface area (Å²) in [6.07, 6.45) is 1.75. The molecule has 0 aromatic carbocycles. The van der Waals surface area contributed by atoms with Crippen LogP contribution >= 0.6 is 0 Å². The molecular weight excluding hydrogens is 234 g/mol. The molecule has 0 aliphatic rings. The molecule has 0 bridgehead atoms. The maximum atomic E-state index is 5.55. The monoisotopic (exact) mass is 251 g/mol. The Hall–Kier alpha value is -1.63. The molecule has 2 N–H and O–H groups in total. The lowest BCUT2D eigenvalue weighted by molar-refractivity contribution is 0.00352. The molecule has 0 atom stereocenters. The molecule has 6 nitrogen and oxygen atoms in total. The summed E-state index contributed by atoms with van der Waals surface area (Å²) < 4.78 is 10.4. The normalized spacial score (nSPS) is 11.0. The van der Waals surface area contributed by atoms with E-state index in [0.29, 0.717) is 19.8 Å². The Morgan fingerprint density at radius 3 is 3.00 bits per heavy atom. The molecule has 2 aromatic rings. The highest BCUT2D eigenvalue weighted by Crippen LogP contribution is 2.23. The molecule has 6 heteroatoms. The van der Waals surface area contributed by atoms with Crippen LogP contribution in [0.3, 0.4) is 0 Å². The van der Waals surface area contributed by atoms with Crippen LogP contribution in [0.2, 0.25) is 0 Å². The van der Waals surface area contributed by atoms with Crippen molar-refractivity contribution >= 4 is 0 Å². The summed E-state index contributed by atoms with van der Waals surface area (Å²) in [4.78, 5) is 5.20. The Kier molecular flexibility index (Phi) is 4.52. The van der Waals surface area contributed by atoms with Crippen molar-refractivity contribution < 1.29 is 14.0 Å². The minimum absolute atomic E-state index is 0.504. The van der Waals surface area contributed by atoms with Gasteiger partial charge in [0.05, 0.1) is 19.4 Å². The lowest BCUT2D eigenvalue weighted by atomic mass is 10.2. The number of aromatic amines is 1. The minimum atomic E-state index is 0.504. The molecule has 0 fully saturated rings. The van der Waals surface area contributed by atoms with Gasteiger partial charge in [-0.15, -0.1) is 0 Å². The van der Waals surface area contributed by atoms with Gasteiger partial charge in [0.2, 0.25) is 0 Å². The molecule has 0 unspecified atom stereocenters. The van der Waals surface area contributed by atoms with Gasteiger partial charge >= 0.3 is 0 Å². The average molecular weight is 251 g/mol. The van der Waals surface area contributed by atoms with Crippen LogP contribution in [0.4, 0.5) is 0 Å². The zero-order chi connectivity index (χ0) is 12.8. The summed E-state index contributed by atoms with van der Waals surface area (Å²) in [5, 5.41) is 6.94. The zero-order valence-corrected chi connectivity index (χ0v) is 10.5. The molecule has 2 aromatic heterocycles. The first-order chi connectivity index (χ1) is 8.81. The Balaban J connectivity index is 1.92. The number of aromatic nitrogens is 2. The maximum absolute atomic E-state index is 5.55. The fraction of sp³-hybridized carbons (Fsp3) is 0.417. The standard InChI is InChI=1S/C12H17N3O3/c1-9-3-4-11(18-9)12-10(7-13-15-12)8-14-17-6-5-16-2/h3-4,7,14H,5-6,8H2,1-2H3,(H,13,15). The number of methoxy groups -OCH3 is 1. The number of H-pyrrole nitrogens is 1. The Morgan fingerprint density at radius 1 is 1.39 bits per heavy atom. The highest BCUT2D eigenvalue weighted by atomic mass is 16.7. The van der Waals surface area contributed by atoms with Gasteiger partial charge in [-0.2, -0.15) is 10.6 Å². The number of aryl methyl sites for hydroxylation is 1. The highest BCUT2D eigenvalue weighted by Gasteiger charge is 2.10. The summed E-state index contributed by atoms with van der Waals surface area (Å²) >= 11 is 0. The second-order valence-electron chi connectivity index (χ2n) is 3.84. The van der Waals surface area contributed by atoms with E-state index in [4.69, 9.17) is 14.0 Å². The second-order valence-corrected chi connectivity index (χ2v) is 3.84. The minimum Gasteiger partial charge on any atom is -0.460 e. The van der Waals surface area contributed by atoms with Crippen LogP contribution in [-0.4, -0.2) is 30.5 Å². The van der Waals surface area contributed by atoms with Crippen molar-refractivity contribution in [2.24, 2.45) is 0 Å². The Bertz CT molecular complexity index is 478. The zero-order valence-electron chi connectivity index (χ0n) is 10.5.